The molecule has 1 rings (SSSR count). The molecule has 1 aromatic rings. The third-order valence-electron chi connectivity index (χ3n) is 2.11. The highest BCUT2D eigenvalue weighted by atomic mass is 32.2. The van der Waals surface area contributed by atoms with Gasteiger partial charge in [-0.05, 0) is 18.2 Å². The summed E-state index contributed by atoms with van der Waals surface area (Å²) >= 11 is 1.36. The van der Waals surface area contributed by atoms with Gasteiger partial charge in [0.2, 0.25) is 0 Å². The molecule has 0 saturated heterocycles. The summed E-state index contributed by atoms with van der Waals surface area (Å²) in [5.74, 6) is 0.414. The predicted molar refractivity (Wildman–Crippen MR) is 63.4 cm³/mol. The summed E-state index contributed by atoms with van der Waals surface area (Å²) < 4.78 is 37.9. The third-order valence-corrected chi connectivity index (χ3v) is 3.28. The highest BCUT2D eigenvalue weighted by Gasteiger charge is 2.34. The van der Waals surface area contributed by atoms with Gasteiger partial charge in [-0.25, -0.2) is 0 Å². The molecule has 0 radical (unpaired) electrons. The van der Waals surface area contributed by atoms with Crippen LogP contribution in [0.2, 0.25) is 0 Å². The average molecular weight is 262 g/mol. The maximum atomic E-state index is 12.6. The van der Waals surface area contributed by atoms with E-state index < -0.39 is 17.5 Å². The van der Waals surface area contributed by atoms with Crippen LogP contribution in [0.15, 0.2) is 24.3 Å². The van der Waals surface area contributed by atoms with Gasteiger partial charge < -0.3 is 0 Å². The van der Waals surface area contributed by atoms with Crippen LogP contribution < -0.4 is 0 Å². The lowest BCUT2D eigenvalue weighted by atomic mass is 10.0. The molecule has 0 aromatic heterocycles. The topological polar surface area (TPSA) is 17.1 Å². The normalized spacial score (nSPS) is 11.5. The van der Waals surface area contributed by atoms with Gasteiger partial charge in [0, 0.05) is 5.56 Å². The van der Waals surface area contributed by atoms with E-state index in [4.69, 9.17) is 0 Å². The molecule has 1 nitrogen and oxygen atoms in total. The van der Waals surface area contributed by atoms with E-state index in [0.29, 0.717) is 0 Å². The molecule has 5 heteroatoms. The van der Waals surface area contributed by atoms with E-state index in [-0.39, 0.29) is 11.3 Å². The van der Waals surface area contributed by atoms with Crippen LogP contribution in [0.4, 0.5) is 13.2 Å². The third kappa shape index (κ3) is 4.07. The van der Waals surface area contributed by atoms with E-state index in [0.717, 1.165) is 18.2 Å². The number of rotatable bonds is 5. The first-order valence-corrected chi connectivity index (χ1v) is 6.39. The molecule has 0 aliphatic carbocycles. The quantitative estimate of drug-likeness (QED) is 0.588. The minimum absolute atomic E-state index is 0.0981. The molecular weight excluding hydrogens is 249 g/mol. The first-order valence-electron chi connectivity index (χ1n) is 5.24. The maximum Gasteiger partial charge on any atom is 0.417 e. The van der Waals surface area contributed by atoms with Gasteiger partial charge in [0.1, 0.15) is 0 Å². The van der Waals surface area contributed by atoms with Crippen LogP contribution in [-0.2, 0) is 6.18 Å². The van der Waals surface area contributed by atoms with Crippen LogP contribution >= 0.6 is 11.8 Å². The Bertz CT molecular complexity index is 388. The first-order chi connectivity index (χ1) is 7.96. The Balaban J connectivity index is 2.86. The molecule has 1 aromatic carbocycles. The van der Waals surface area contributed by atoms with E-state index in [1.807, 2.05) is 6.92 Å². The molecule has 0 unspecified atom stereocenters. The fourth-order valence-electron chi connectivity index (χ4n) is 1.36. The second kappa shape index (κ2) is 6.10. The van der Waals surface area contributed by atoms with Crippen molar-refractivity contribution in [3.63, 3.8) is 0 Å². The van der Waals surface area contributed by atoms with Gasteiger partial charge >= 0.3 is 6.18 Å². The van der Waals surface area contributed by atoms with Crippen LogP contribution in [0.3, 0.4) is 0 Å². The molecule has 0 amide bonds. The van der Waals surface area contributed by atoms with Crippen molar-refractivity contribution in [1.29, 1.82) is 0 Å². The molecule has 0 spiro atoms. The van der Waals surface area contributed by atoms with E-state index in [1.165, 1.54) is 30.0 Å². The SMILES string of the molecule is CCCSCC(=O)c1ccccc1C(F)(F)F. The number of hydrogen-bond acceptors (Lipinski definition) is 2. The number of benzene rings is 1. The highest BCUT2D eigenvalue weighted by Crippen LogP contribution is 2.32. The molecule has 0 saturated carbocycles. The predicted octanol–water partition coefficient (Wildman–Crippen LogP) is 4.03. The van der Waals surface area contributed by atoms with Crippen LogP contribution in [0, 0.1) is 0 Å². The van der Waals surface area contributed by atoms with Crippen molar-refractivity contribution in [3.05, 3.63) is 35.4 Å². The van der Waals surface area contributed by atoms with Gasteiger partial charge in [0.25, 0.3) is 0 Å². The molecule has 0 N–H and O–H groups in total. The Morgan fingerprint density at radius 1 is 1.29 bits per heavy atom. The van der Waals surface area contributed by atoms with Crippen LogP contribution in [-0.4, -0.2) is 17.3 Å². The van der Waals surface area contributed by atoms with Crippen molar-refractivity contribution in [2.75, 3.05) is 11.5 Å². The lowest BCUT2D eigenvalue weighted by Gasteiger charge is -2.11. The molecule has 0 aliphatic rings. The second-order valence-corrected chi connectivity index (χ2v) is 4.62. The van der Waals surface area contributed by atoms with E-state index in [1.54, 1.807) is 0 Å². The van der Waals surface area contributed by atoms with E-state index in [2.05, 4.69) is 0 Å². The summed E-state index contributed by atoms with van der Waals surface area (Å²) in [6.45, 7) is 1.96. The van der Waals surface area contributed by atoms with Crippen LogP contribution in [0.1, 0.15) is 29.3 Å². The summed E-state index contributed by atoms with van der Waals surface area (Å²) in [4.78, 5) is 11.7. The smallest absolute Gasteiger partial charge is 0.293 e. The molecular formula is C12H13F3OS. The second-order valence-electron chi connectivity index (χ2n) is 3.52. The largest absolute Gasteiger partial charge is 0.417 e. The lowest BCUT2D eigenvalue weighted by Crippen LogP contribution is -2.14. The number of carbonyl (C=O) groups is 1. The fraction of sp³-hybridized carbons (Fsp3) is 0.417. The fourth-order valence-corrected chi connectivity index (χ4v) is 2.13. The zero-order valence-electron chi connectivity index (χ0n) is 9.38. The number of Topliss-reactive ketones (excluding diaryl/α,β-unsaturated/α-hetero) is 1. The van der Waals surface area contributed by atoms with Crippen LogP contribution in [0.25, 0.3) is 0 Å². The Morgan fingerprint density at radius 2 is 1.94 bits per heavy atom. The van der Waals surface area contributed by atoms with Gasteiger partial charge in [0.05, 0.1) is 11.3 Å². The molecule has 94 valence electrons. The molecule has 0 heterocycles. The number of ketones is 1. The summed E-state index contributed by atoms with van der Waals surface area (Å²) in [5, 5.41) is 0. The number of alkyl halides is 3. The Kier molecular flexibility index (Phi) is 5.05. The standard InChI is InChI=1S/C12H13F3OS/c1-2-7-17-8-11(16)9-5-3-4-6-10(9)12(13,14)15/h3-6H,2,7-8H2,1H3. The highest BCUT2D eigenvalue weighted by molar-refractivity contribution is 7.99. The van der Waals surface area contributed by atoms with Crippen molar-refractivity contribution in [1.82, 2.24) is 0 Å². The Labute approximate surface area is 102 Å². The number of thioether (sulfide) groups is 1. The monoisotopic (exact) mass is 262 g/mol. The summed E-state index contributed by atoms with van der Waals surface area (Å²) in [7, 11) is 0. The van der Waals surface area contributed by atoms with Crippen molar-refractivity contribution in [3.8, 4) is 0 Å². The van der Waals surface area contributed by atoms with Gasteiger partial charge in [-0.1, -0.05) is 25.1 Å². The lowest BCUT2D eigenvalue weighted by molar-refractivity contribution is -0.137. The molecule has 17 heavy (non-hydrogen) atoms. The molecule has 0 atom stereocenters. The van der Waals surface area contributed by atoms with Gasteiger partial charge in [-0.15, -0.1) is 0 Å². The summed E-state index contributed by atoms with van der Waals surface area (Å²) in [5.41, 5.74) is -1.08. The zero-order chi connectivity index (χ0) is 12.9. The maximum absolute atomic E-state index is 12.6. The number of halogens is 3. The Morgan fingerprint density at radius 3 is 2.53 bits per heavy atom. The zero-order valence-corrected chi connectivity index (χ0v) is 10.2. The Hall–Kier alpha value is -0.970. The van der Waals surface area contributed by atoms with E-state index in [9.17, 15) is 18.0 Å². The molecule has 0 bridgehead atoms. The van der Waals surface area contributed by atoms with E-state index >= 15 is 0 Å². The van der Waals surface area contributed by atoms with Crippen molar-refractivity contribution >= 4 is 17.5 Å². The molecule has 0 aliphatic heterocycles. The molecule has 0 fully saturated rings. The van der Waals surface area contributed by atoms with Crippen molar-refractivity contribution < 1.29 is 18.0 Å². The average Bonchev–Trinajstić information content (AvgIpc) is 2.28. The summed E-state index contributed by atoms with van der Waals surface area (Å²) in [6.07, 6.45) is -3.57. The minimum Gasteiger partial charge on any atom is -0.293 e. The van der Waals surface area contributed by atoms with Gasteiger partial charge in [-0.2, -0.15) is 24.9 Å². The first kappa shape index (κ1) is 14.1. The minimum atomic E-state index is -4.47. The van der Waals surface area contributed by atoms with Gasteiger partial charge in [-0.3, -0.25) is 4.79 Å². The summed E-state index contributed by atoms with van der Waals surface area (Å²) in [6, 6.07) is 4.92. The van der Waals surface area contributed by atoms with Crippen molar-refractivity contribution in [2.45, 2.75) is 19.5 Å². The number of hydrogen-bond donors (Lipinski definition) is 0. The number of carbonyl (C=O) groups excluding carboxylic acids is 1. The van der Waals surface area contributed by atoms with Gasteiger partial charge in [0.15, 0.2) is 5.78 Å². The van der Waals surface area contributed by atoms with Crippen molar-refractivity contribution in [2.24, 2.45) is 0 Å². The van der Waals surface area contributed by atoms with Crippen LogP contribution in [0.5, 0.6) is 0 Å².